The number of alkyl halides is 2. The molecule has 1 amide bonds. The molecule has 0 spiro atoms. The summed E-state index contributed by atoms with van der Waals surface area (Å²) in [7, 11) is 1.71. The molecule has 6 nitrogen and oxygen atoms in total. The molecule has 2 bridgehead atoms. The van der Waals surface area contributed by atoms with Crippen LogP contribution >= 0.6 is 0 Å². The normalized spacial score (nSPS) is 23.6. The molecule has 2 unspecified atom stereocenters. The number of aryl methyl sites for hydroxylation is 1. The first kappa shape index (κ1) is 23.3. The Morgan fingerprint density at radius 1 is 1.13 bits per heavy atom. The number of imidazole rings is 1. The lowest BCUT2D eigenvalue weighted by molar-refractivity contribution is -0.0507. The van der Waals surface area contributed by atoms with E-state index in [1.807, 2.05) is 35.8 Å². The molecule has 0 radical (unpaired) electrons. The van der Waals surface area contributed by atoms with Crippen molar-refractivity contribution in [3.05, 3.63) is 82.4 Å². The molecule has 0 fully saturated rings. The van der Waals surface area contributed by atoms with Crippen molar-refractivity contribution < 1.29 is 22.7 Å². The first-order valence-corrected chi connectivity index (χ1v) is 12.6. The Morgan fingerprint density at radius 3 is 2.74 bits per heavy atom. The molecular weight excluding hydrogens is 493 g/mol. The second kappa shape index (κ2) is 7.83. The van der Waals surface area contributed by atoms with Gasteiger partial charge in [0.15, 0.2) is 0 Å². The monoisotopic (exact) mass is 518 g/mol. The number of benzene rings is 3. The molecule has 0 saturated carbocycles. The fourth-order valence-corrected chi connectivity index (χ4v) is 6.65. The predicted octanol–water partition coefficient (Wildman–Crippen LogP) is 5.68. The van der Waals surface area contributed by atoms with Crippen LogP contribution < -0.4 is 10.5 Å². The summed E-state index contributed by atoms with van der Waals surface area (Å²) in [6.45, 7) is -1.17. The Hall–Kier alpha value is -3.85. The van der Waals surface area contributed by atoms with E-state index in [1.165, 1.54) is 12.1 Å². The van der Waals surface area contributed by atoms with E-state index >= 15 is 4.39 Å². The van der Waals surface area contributed by atoms with Gasteiger partial charge in [-0.1, -0.05) is 18.2 Å². The van der Waals surface area contributed by atoms with Crippen molar-refractivity contribution >= 4 is 16.9 Å². The lowest BCUT2D eigenvalue weighted by atomic mass is 9.92. The topological polar surface area (TPSA) is 73.4 Å². The fourth-order valence-electron chi connectivity index (χ4n) is 6.65. The quantitative estimate of drug-likeness (QED) is 0.379. The summed E-state index contributed by atoms with van der Waals surface area (Å²) < 4.78 is 48.8. The van der Waals surface area contributed by atoms with Crippen LogP contribution in [0.2, 0.25) is 0 Å². The number of nitrogens with two attached hydrogens (primary N) is 1. The summed E-state index contributed by atoms with van der Waals surface area (Å²) >= 11 is 0. The van der Waals surface area contributed by atoms with Crippen LogP contribution in [0.25, 0.3) is 22.2 Å². The van der Waals surface area contributed by atoms with Gasteiger partial charge in [-0.15, -0.1) is 0 Å². The number of hydrogen-bond acceptors (Lipinski definition) is 4. The molecule has 3 aliphatic rings. The third-order valence-corrected chi connectivity index (χ3v) is 8.40. The van der Waals surface area contributed by atoms with E-state index in [4.69, 9.17) is 15.5 Å². The van der Waals surface area contributed by atoms with E-state index in [0.717, 1.165) is 22.2 Å². The van der Waals surface area contributed by atoms with Crippen molar-refractivity contribution in [2.24, 2.45) is 5.73 Å². The minimum atomic E-state index is -3.02. The second-order valence-corrected chi connectivity index (χ2v) is 10.7. The molecule has 1 aromatic heterocycles. The average Bonchev–Trinajstić information content (AvgIpc) is 3.50. The highest BCUT2D eigenvalue weighted by Crippen LogP contribution is 2.50. The zero-order valence-electron chi connectivity index (χ0n) is 20.8. The molecule has 38 heavy (non-hydrogen) atoms. The molecule has 2 N–H and O–H groups in total. The molecule has 194 valence electrons. The minimum Gasteiger partial charge on any atom is -0.434 e. The number of hydrogen-bond donors (Lipinski definition) is 1. The van der Waals surface area contributed by atoms with Gasteiger partial charge in [0.1, 0.15) is 17.4 Å². The molecule has 3 aromatic carbocycles. The zero-order valence-corrected chi connectivity index (χ0v) is 20.8. The summed E-state index contributed by atoms with van der Waals surface area (Å²) in [5, 5.41) is 0. The van der Waals surface area contributed by atoms with Gasteiger partial charge in [-0.25, -0.2) is 9.37 Å². The highest BCUT2D eigenvalue weighted by atomic mass is 19.3. The van der Waals surface area contributed by atoms with Gasteiger partial charge in [0.05, 0.1) is 23.1 Å². The van der Waals surface area contributed by atoms with Crippen LogP contribution in [-0.4, -0.2) is 34.0 Å². The van der Waals surface area contributed by atoms with Crippen molar-refractivity contribution in [1.29, 1.82) is 0 Å². The van der Waals surface area contributed by atoms with Crippen molar-refractivity contribution in [2.45, 2.75) is 50.4 Å². The number of ether oxygens (including phenoxy) is 1. The van der Waals surface area contributed by atoms with Gasteiger partial charge in [-0.3, -0.25) is 4.79 Å². The van der Waals surface area contributed by atoms with E-state index in [-0.39, 0.29) is 23.5 Å². The zero-order chi connectivity index (χ0) is 26.5. The largest absolute Gasteiger partial charge is 0.434 e. The Labute approximate surface area is 216 Å². The van der Waals surface area contributed by atoms with E-state index in [9.17, 15) is 13.6 Å². The summed E-state index contributed by atoms with van der Waals surface area (Å²) in [6.07, 6.45) is 1.89. The maximum atomic E-state index is 15.2. The Balaban J connectivity index is 1.42. The number of halogens is 3. The average molecular weight is 519 g/mol. The molecular formula is C29H25F3N4O2. The number of rotatable bonds is 3. The third-order valence-electron chi connectivity index (χ3n) is 8.40. The Kier molecular flexibility index (Phi) is 4.80. The van der Waals surface area contributed by atoms with Crippen LogP contribution in [-0.2, 0) is 12.0 Å². The van der Waals surface area contributed by atoms with Crippen LogP contribution in [0, 0.1) is 5.82 Å². The predicted molar refractivity (Wildman–Crippen MR) is 136 cm³/mol. The first-order chi connectivity index (χ1) is 18.1. The Morgan fingerprint density at radius 2 is 1.95 bits per heavy atom. The molecule has 4 aromatic rings. The lowest BCUT2D eigenvalue weighted by Gasteiger charge is -2.24. The third kappa shape index (κ3) is 3.17. The molecule has 3 heterocycles. The van der Waals surface area contributed by atoms with Crippen LogP contribution in [0.1, 0.15) is 64.7 Å². The van der Waals surface area contributed by atoms with Gasteiger partial charge in [0.2, 0.25) is 0 Å². The highest BCUT2D eigenvalue weighted by molar-refractivity contribution is 5.98. The molecule has 2 aliphatic heterocycles. The number of amides is 1. The first-order valence-electron chi connectivity index (χ1n) is 12.6. The van der Waals surface area contributed by atoms with Gasteiger partial charge in [-0.05, 0) is 66.8 Å². The number of carbonyl (C=O) groups excluding carboxylic acids is 1. The van der Waals surface area contributed by atoms with E-state index in [1.54, 1.807) is 24.1 Å². The minimum absolute atomic E-state index is 0.0127. The summed E-state index contributed by atoms with van der Waals surface area (Å²) in [5.41, 5.74) is 11.0. The highest BCUT2D eigenvalue weighted by Gasteiger charge is 2.45. The summed E-state index contributed by atoms with van der Waals surface area (Å²) in [5.74, 6) is 0.108. The molecule has 3 atom stereocenters. The number of carbonyl (C=O) groups is 1. The number of nitrogens with zero attached hydrogens (tertiary/aromatic N) is 3. The maximum absolute atomic E-state index is 15.2. The standard InChI is InChI=1S/C29H25F3N4O2/c1-29(33)9-8-15-10-16(11-18(30)25(15)29)14-6-7-19-20(12-14)36-21-13-22(26(36)34-19)35(2)27(37)17-4-3-5-23(24(17)21)38-28(31)32/h3-7,10-12,21-22,28H,8-9,13,33H2,1-2H3/t21-,22?,29?/m1/s1. The molecule has 7 rings (SSSR count). The van der Waals surface area contributed by atoms with Gasteiger partial charge in [0.25, 0.3) is 5.91 Å². The SMILES string of the molecule is CN1C(=O)c2cccc(OC(F)F)c2[C@H]2CC1c1nc3ccc(-c4cc(F)c5c(c4)CCC5(C)N)cc3n12. The van der Waals surface area contributed by atoms with Gasteiger partial charge in [0, 0.05) is 35.7 Å². The number of fused-ring (bicyclic) bond motifs is 10. The van der Waals surface area contributed by atoms with Crippen molar-refractivity contribution in [3.8, 4) is 16.9 Å². The van der Waals surface area contributed by atoms with Gasteiger partial charge in [-0.2, -0.15) is 8.78 Å². The van der Waals surface area contributed by atoms with Crippen LogP contribution in [0.3, 0.4) is 0 Å². The van der Waals surface area contributed by atoms with Crippen molar-refractivity contribution in [3.63, 3.8) is 0 Å². The lowest BCUT2D eigenvalue weighted by Crippen LogP contribution is -2.30. The van der Waals surface area contributed by atoms with E-state index in [2.05, 4.69) is 0 Å². The van der Waals surface area contributed by atoms with E-state index < -0.39 is 18.2 Å². The van der Waals surface area contributed by atoms with Crippen LogP contribution in [0.4, 0.5) is 13.2 Å². The Bertz CT molecular complexity index is 1660. The van der Waals surface area contributed by atoms with E-state index in [0.29, 0.717) is 47.3 Å². The molecule has 1 aliphatic carbocycles. The van der Waals surface area contributed by atoms with Gasteiger partial charge < -0.3 is 19.9 Å². The maximum Gasteiger partial charge on any atom is 0.387 e. The second-order valence-electron chi connectivity index (χ2n) is 10.7. The summed E-state index contributed by atoms with van der Waals surface area (Å²) in [6, 6.07) is 13.2. The molecule has 9 heteroatoms. The molecule has 0 saturated heterocycles. The fraction of sp³-hybridized carbons (Fsp3) is 0.310. The van der Waals surface area contributed by atoms with Crippen LogP contribution in [0.15, 0.2) is 48.5 Å². The smallest absolute Gasteiger partial charge is 0.387 e. The van der Waals surface area contributed by atoms with Crippen molar-refractivity contribution in [2.75, 3.05) is 7.05 Å². The van der Waals surface area contributed by atoms with Crippen LogP contribution in [0.5, 0.6) is 5.75 Å². The number of aromatic nitrogens is 2. The van der Waals surface area contributed by atoms with Gasteiger partial charge >= 0.3 is 6.61 Å². The van der Waals surface area contributed by atoms with Crippen molar-refractivity contribution in [1.82, 2.24) is 14.5 Å². The summed E-state index contributed by atoms with van der Waals surface area (Å²) in [4.78, 5) is 19.8.